The maximum Gasteiger partial charge on any atom is 0.122 e. The van der Waals surface area contributed by atoms with Crippen molar-refractivity contribution in [1.29, 1.82) is 0 Å². The van der Waals surface area contributed by atoms with Crippen molar-refractivity contribution in [3.05, 3.63) is 29.3 Å². The molecule has 0 fully saturated rings. The van der Waals surface area contributed by atoms with Gasteiger partial charge in [0, 0.05) is 6.54 Å². The SMILES string of the molecule is COc1ccc(C)cc1CCN(C)C(CO)CO. The highest BCUT2D eigenvalue weighted by Gasteiger charge is 2.13. The van der Waals surface area contributed by atoms with Gasteiger partial charge < -0.3 is 14.9 Å². The molecule has 4 heteroatoms. The van der Waals surface area contributed by atoms with E-state index in [-0.39, 0.29) is 19.3 Å². The van der Waals surface area contributed by atoms with Gasteiger partial charge in [-0.05, 0) is 32.0 Å². The summed E-state index contributed by atoms with van der Waals surface area (Å²) in [7, 11) is 3.57. The van der Waals surface area contributed by atoms with Crippen LogP contribution in [-0.4, -0.2) is 55.1 Å². The summed E-state index contributed by atoms with van der Waals surface area (Å²) in [5, 5.41) is 18.2. The summed E-state index contributed by atoms with van der Waals surface area (Å²) in [4.78, 5) is 1.96. The Labute approximate surface area is 109 Å². The van der Waals surface area contributed by atoms with Crippen LogP contribution in [0.2, 0.25) is 0 Å². The van der Waals surface area contributed by atoms with E-state index in [1.807, 2.05) is 24.1 Å². The van der Waals surface area contributed by atoms with Crippen molar-refractivity contribution < 1.29 is 14.9 Å². The first-order valence-corrected chi connectivity index (χ1v) is 6.17. The fourth-order valence-electron chi connectivity index (χ4n) is 1.92. The minimum atomic E-state index is -0.194. The van der Waals surface area contributed by atoms with Gasteiger partial charge in [-0.2, -0.15) is 0 Å². The van der Waals surface area contributed by atoms with E-state index in [4.69, 9.17) is 14.9 Å². The Morgan fingerprint density at radius 3 is 2.50 bits per heavy atom. The summed E-state index contributed by atoms with van der Waals surface area (Å²) < 4.78 is 5.33. The molecule has 0 atom stereocenters. The molecule has 0 saturated heterocycles. The van der Waals surface area contributed by atoms with E-state index in [9.17, 15) is 0 Å². The van der Waals surface area contributed by atoms with Gasteiger partial charge >= 0.3 is 0 Å². The lowest BCUT2D eigenvalue weighted by molar-refractivity contribution is 0.0924. The van der Waals surface area contributed by atoms with Crippen LogP contribution >= 0.6 is 0 Å². The van der Waals surface area contributed by atoms with Crippen molar-refractivity contribution in [2.45, 2.75) is 19.4 Å². The highest BCUT2D eigenvalue weighted by Crippen LogP contribution is 2.20. The van der Waals surface area contributed by atoms with Crippen molar-refractivity contribution >= 4 is 0 Å². The van der Waals surface area contributed by atoms with Crippen LogP contribution < -0.4 is 4.74 Å². The van der Waals surface area contributed by atoms with E-state index in [0.717, 1.165) is 24.3 Å². The average molecular weight is 253 g/mol. The number of aliphatic hydroxyl groups excluding tert-OH is 2. The standard InChI is InChI=1S/C14H23NO3/c1-11-4-5-14(18-3)12(8-11)6-7-15(2)13(9-16)10-17/h4-5,8,13,16-17H,6-7,9-10H2,1-3H3. The first-order valence-electron chi connectivity index (χ1n) is 6.17. The molecule has 0 unspecified atom stereocenters. The topological polar surface area (TPSA) is 52.9 Å². The van der Waals surface area contributed by atoms with Crippen molar-refractivity contribution in [3.8, 4) is 5.75 Å². The molecule has 0 aliphatic heterocycles. The van der Waals surface area contributed by atoms with Gasteiger partial charge in [0.2, 0.25) is 0 Å². The predicted octanol–water partition coefficient (Wildman–Crippen LogP) is 0.831. The number of hydrogen-bond acceptors (Lipinski definition) is 4. The van der Waals surface area contributed by atoms with E-state index in [2.05, 4.69) is 13.0 Å². The van der Waals surface area contributed by atoms with Crippen molar-refractivity contribution in [3.63, 3.8) is 0 Å². The highest BCUT2D eigenvalue weighted by atomic mass is 16.5. The molecule has 1 aromatic rings. The second-order valence-corrected chi connectivity index (χ2v) is 4.56. The van der Waals surface area contributed by atoms with E-state index >= 15 is 0 Å². The molecule has 1 aromatic carbocycles. The predicted molar refractivity (Wildman–Crippen MR) is 72.0 cm³/mol. The number of hydrogen-bond donors (Lipinski definition) is 2. The largest absolute Gasteiger partial charge is 0.496 e. The lowest BCUT2D eigenvalue weighted by Gasteiger charge is -2.24. The zero-order valence-electron chi connectivity index (χ0n) is 11.4. The Morgan fingerprint density at radius 2 is 1.94 bits per heavy atom. The Kier molecular flexibility index (Phi) is 6.12. The molecular weight excluding hydrogens is 230 g/mol. The third-order valence-corrected chi connectivity index (χ3v) is 3.21. The smallest absolute Gasteiger partial charge is 0.122 e. The fraction of sp³-hybridized carbons (Fsp3) is 0.571. The van der Waals surface area contributed by atoms with Crippen molar-refractivity contribution in [2.75, 3.05) is 33.9 Å². The van der Waals surface area contributed by atoms with Gasteiger partial charge in [-0.15, -0.1) is 0 Å². The molecule has 0 bridgehead atoms. The number of methoxy groups -OCH3 is 1. The molecule has 0 spiro atoms. The number of aryl methyl sites for hydroxylation is 1. The van der Waals surface area contributed by atoms with Gasteiger partial charge in [0.15, 0.2) is 0 Å². The summed E-state index contributed by atoms with van der Waals surface area (Å²) >= 11 is 0. The van der Waals surface area contributed by atoms with E-state index < -0.39 is 0 Å². The Balaban J connectivity index is 2.65. The van der Waals surface area contributed by atoms with Crippen LogP contribution in [0.4, 0.5) is 0 Å². The minimum Gasteiger partial charge on any atom is -0.496 e. The molecule has 0 aliphatic carbocycles. The monoisotopic (exact) mass is 253 g/mol. The molecule has 4 nitrogen and oxygen atoms in total. The van der Waals surface area contributed by atoms with Gasteiger partial charge in [0.1, 0.15) is 5.75 Å². The Morgan fingerprint density at radius 1 is 1.28 bits per heavy atom. The number of aliphatic hydroxyl groups is 2. The quantitative estimate of drug-likeness (QED) is 0.756. The highest BCUT2D eigenvalue weighted by molar-refractivity contribution is 5.37. The molecule has 0 radical (unpaired) electrons. The van der Waals surface area contributed by atoms with Crippen LogP contribution in [0.3, 0.4) is 0 Å². The lowest BCUT2D eigenvalue weighted by atomic mass is 10.1. The van der Waals surface area contributed by atoms with Gasteiger partial charge in [-0.1, -0.05) is 17.7 Å². The molecule has 0 saturated carbocycles. The second kappa shape index (κ2) is 7.36. The molecule has 102 valence electrons. The second-order valence-electron chi connectivity index (χ2n) is 4.56. The summed E-state index contributed by atoms with van der Waals surface area (Å²) in [6.07, 6.45) is 0.831. The zero-order chi connectivity index (χ0) is 13.5. The molecule has 0 heterocycles. The van der Waals surface area contributed by atoms with Gasteiger partial charge in [0.05, 0.1) is 26.4 Å². The normalized spacial score (nSPS) is 11.3. The van der Waals surface area contributed by atoms with Crippen molar-refractivity contribution in [1.82, 2.24) is 4.90 Å². The molecule has 0 aromatic heterocycles. The first kappa shape index (κ1) is 15.0. The minimum absolute atomic E-state index is 0.0298. The average Bonchev–Trinajstić information content (AvgIpc) is 2.38. The first-order chi connectivity index (χ1) is 8.62. The third-order valence-electron chi connectivity index (χ3n) is 3.21. The maximum atomic E-state index is 9.11. The number of likely N-dealkylation sites (N-methyl/N-ethyl adjacent to an activating group) is 1. The summed E-state index contributed by atoms with van der Waals surface area (Å²) in [5.74, 6) is 0.888. The fourth-order valence-corrected chi connectivity index (χ4v) is 1.92. The van der Waals surface area contributed by atoms with E-state index in [1.165, 1.54) is 5.56 Å². The van der Waals surface area contributed by atoms with Crippen LogP contribution in [0.1, 0.15) is 11.1 Å². The Bertz CT molecular complexity index is 364. The third kappa shape index (κ3) is 3.98. The lowest BCUT2D eigenvalue weighted by Crippen LogP contribution is -2.38. The van der Waals surface area contributed by atoms with Gasteiger partial charge in [0.25, 0.3) is 0 Å². The molecule has 18 heavy (non-hydrogen) atoms. The van der Waals surface area contributed by atoms with Crippen molar-refractivity contribution in [2.24, 2.45) is 0 Å². The zero-order valence-corrected chi connectivity index (χ0v) is 11.4. The number of rotatable bonds is 7. The van der Waals surface area contributed by atoms with Gasteiger partial charge in [-0.3, -0.25) is 4.90 Å². The summed E-state index contributed by atoms with van der Waals surface area (Å²) in [6.45, 7) is 2.76. The number of nitrogens with zero attached hydrogens (tertiary/aromatic N) is 1. The van der Waals surface area contributed by atoms with E-state index in [0.29, 0.717) is 0 Å². The van der Waals surface area contributed by atoms with Crippen LogP contribution in [0.15, 0.2) is 18.2 Å². The Hall–Kier alpha value is -1.10. The van der Waals surface area contributed by atoms with Crippen LogP contribution in [-0.2, 0) is 6.42 Å². The maximum absolute atomic E-state index is 9.11. The number of ether oxygens (including phenoxy) is 1. The molecule has 2 N–H and O–H groups in total. The summed E-state index contributed by atoms with van der Waals surface area (Å²) in [5.41, 5.74) is 2.35. The van der Waals surface area contributed by atoms with E-state index in [1.54, 1.807) is 7.11 Å². The van der Waals surface area contributed by atoms with Gasteiger partial charge in [-0.25, -0.2) is 0 Å². The summed E-state index contributed by atoms with van der Waals surface area (Å²) in [6, 6.07) is 5.91. The molecular formula is C14H23NO3. The molecule has 0 amide bonds. The molecule has 1 rings (SSSR count). The van der Waals surface area contributed by atoms with Crippen LogP contribution in [0.5, 0.6) is 5.75 Å². The van der Waals surface area contributed by atoms with Crippen LogP contribution in [0, 0.1) is 6.92 Å². The molecule has 0 aliphatic rings. The number of benzene rings is 1. The van der Waals surface area contributed by atoms with Crippen LogP contribution in [0.25, 0.3) is 0 Å².